The molecule has 0 unspecified atom stereocenters. The van der Waals surface area contributed by atoms with E-state index < -0.39 is 0 Å². The molecule has 21 heavy (non-hydrogen) atoms. The Labute approximate surface area is 133 Å². The normalized spacial score (nSPS) is 10.4. The number of halogens is 1. The highest BCUT2D eigenvalue weighted by Gasteiger charge is 2.11. The summed E-state index contributed by atoms with van der Waals surface area (Å²) < 4.78 is 12.2. The molecule has 5 heteroatoms. The molecule has 1 heterocycles. The number of nitrogens with zero attached hydrogens (tertiary/aromatic N) is 1. The fourth-order valence-corrected chi connectivity index (χ4v) is 2.64. The van der Waals surface area contributed by atoms with Gasteiger partial charge in [0.2, 0.25) is 0 Å². The zero-order valence-electron chi connectivity index (χ0n) is 12.2. The fraction of sp³-hybridized carbons (Fsp3) is 0.312. The smallest absolute Gasteiger partial charge is 0.175 e. The quantitative estimate of drug-likeness (QED) is 0.832. The van der Waals surface area contributed by atoms with E-state index >= 15 is 0 Å². The minimum atomic E-state index is 0.575. The second-order valence-corrected chi connectivity index (χ2v) is 5.45. The van der Waals surface area contributed by atoms with Crippen LogP contribution in [0.1, 0.15) is 11.1 Å². The van der Waals surface area contributed by atoms with Gasteiger partial charge in [0, 0.05) is 25.4 Å². The summed E-state index contributed by atoms with van der Waals surface area (Å²) >= 11 is 3.55. The predicted octanol–water partition coefficient (Wildman–Crippen LogP) is 3.19. The average Bonchev–Trinajstić information content (AvgIpc) is 2.50. The molecule has 0 atom stereocenters. The molecule has 4 nitrogen and oxygen atoms in total. The molecular formula is C16H19BrN2O2. The van der Waals surface area contributed by atoms with Crippen LogP contribution in [-0.4, -0.2) is 25.7 Å². The third-order valence-corrected chi connectivity index (χ3v) is 3.62. The van der Waals surface area contributed by atoms with E-state index in [1.807, 2.05) is 37.5 Å². The monoisotopic (exact) mass is 350 g/mol. The maximum atomic E-state index is 5.88. The zero-order valence-corrected chi connectivity index (χ0v) is 13.8. The molecule has 0 fully saturated rings. The van der Waals surface area contributed by atoms with Crippen molar-refractivity contribution in [1.29, 1.82) is 0 Å². The molecule has 0 amide bonds. The first-order valence-corrected chi connectivity index (χ1v) is 7.56. The van der Waals surface area contributed by atoms with Gasteiger partial charge in [0.1, 0.15) is 0 Å². The molecule has 0 radical (unpaired) electrons. The number of nitrogens with one attached hydrogen (secondary N) is 1. The molecular weight excluding hydrogens is 332 g/mol. The van der Waals surface area contributed by atoms with Crippen molar-refractivity contribution in [2.45, 2.75) is 13.0 Å². The van der Waals surface area contributed by atoms with Crippen molar-refractivity contribution in [3.63, 3.8) is 0 Å². The van der Waals surface area contributed by atoms with Crippen molar-refractivity contribution in [3.8, 4) is 11.5 Å². The van der Waals surface area contributed by atoms with Gasteiger partial charge in [-0.1, -0.05) is 6.07 Å². The van der Waals surface area contributed by atoms with E-state index in [4.69, 9.17) is 9.47 Å². The van der Waals surface area contributed by atoms with Crippen LogP contribution in [0.25, 0.3) is 0 Å². The Morgan fingerprint density at radius 1 is 1.29 bits per heavy atom. The lowest BCUT2D eigenvalue weighted by Crippen LogP contribution is -2.07. The van der Waals surface area contributed by atoms with E-state index in [0.717, 1.165) is 40.1 Å². The van der Waals surface area contributed by atoms with E-state index in [1.54, 1.807) is 13.3 Å². The lowest BCUT2D eigenvalue weighted by Gasteiger charge is -2.14. The highest BCUT2D eigenvalue weighted by Crippen LogP contribution is 2.36. The third kappa shape index (κ3) is 4.44. The van der Waals surface area contributed by atoms with E-state index in [0.29, 0.717) is 6.61 Å². The van der Waals surface area contributed by atoms with E-state index in [2.05, 4.69) is 26.2 Å². The van der Waals surface area contributed by atoms with Crippen LogP contribution in [0.15, 0.2) is 41.1 Å². The second-order valence-electron chi connectivity index (χ2n) is 4.60. The molecule has 0 spiro atoms. The number of rotatable bonds is 7. The molecule has 2 rings (SSSR count). The van der Waals surface area contributed by atoms with Gasteiger partial charge in [0.05, 0.1) is 18.2 Å². The summed E-state index contributed by atoms with van der Waals surface area (Å²) in [4.78, 5) is 4.10. The largest absolute Gasteiger partial charge is 0.493 e. The Morgan fingerprint density at radius 3 is 2.81 bits per heavy atom. The topological polar surface area (TPSA) is 43.4 Å². The van der Waals surface area contributed by atoms with Crippen molar-refractivity contribution in [3.05, 3.63) is 52.3 Å². The number of hydrogen-bond donors (Lipinski definition) is 1. The molecule has 0 aliphatic rings. The first-order valence-electron chi connectivity index (χ1n) is 6.77. The Kier molecular flexibility index (Phi) is 6.02. The van der Waals surface area contributed by atoms with Crippen LogP contribution in [-0.2, 0) is 13.0 Å². The molecule has 0 saturated carbocycles. The summed E-state index contributed by atoms with van der Waals surface area (Å²) in [5, 5.41) is 3.12. The Hall–Kier alpha value is -1.59. The van der Waals surface area contributed by atoms with Gasteiger partial charge in [-0.25, -0.2) is 0 Å². The summed E-state index contributed by atoms with van der Waals surface area (Å²) in [6.45, 7) is 1.36. The molecule has 112 valence electrons. The first kappa shape index (κ1) is 15.8. The van der Waals surface area contributed by atoms with Crippen molar-refractivity contribution in [2.24, 2.45) is 0 Å². The highest BCUT2D eigenvalue weighted by molar-refractivity contribution is 9.10. The van der Waals surface area contributed by atoms with Gasteiger partial charge in [0.15, 0.2) is 11.5 Å². The highest BCUT2D eigenvalue weighted by atomic mass is 79.9. The van der Waals surface area contributed by atoms with Gasteiger partial charge in [-0.2, -0.15) is 0 Å². The van der Waals surface area contributed by atoms with Gasteiger partial charge in [0.25, 0.3) is 0 Å². The van der Waals surface area contributed by atoms with Crippen LogP contribution in [0.3, 0.4) is 0 Å². The van der Waals surface area contributed by atoms with Crippen LogP contribution in [0.2, 0.25) is 0 Å². The molecule has 0 aliphatic heterocycles. The number of benzene rings is 1. The van der Waals surface area contributed by atoms with Gasteiger partial charge in [-0.05, 0) is 52.3 Å². The number of methoxy groups -OCH3 is 1. The Bertz CT molecular complexity index is 576. The van der Waals surface area contributed by atoms with E-state index in [-0.39, 0.29) is 0 Å². The van der Waals surface area contributed by atoms with Gasteiger partial charge < -0.3 is 14.8 Å². The zero-order chi connectivity index (χ0) is 15.1. The van der Waals surface area contributed by atoms with Crippen molar-refractivity contribution < 1.29 is 9.47 Å². The third-order valence-electron chi connectivity index (χ3n) is 3.03. The minimum Gasteiger partial charge on any atom is -0.493 e. The standard InChI is InChI=1S/C16H19BrN2O2/c1-18-10-13-8-14(17)16(15(9-13)20-2)21-7-5-12-4-3-6-19-11-12/h3-4,6,8-9,11,18H,5,7,10H2,1-2H3. The lowest BCUT2D eigenvalue weighted by atomic mass is 10.2. The summed E-state index contributed by atoms with van der Waals surface area (Å²) in [6, 6.07) is 8.00. The van der Waals surface area contributed by atoms with Crippen LogP contribution >= 0.6 is 15.9 Å². The maximum Gasteiger partial charge on any atom is 0.175 e. The van der Waals surface area contributed by atoms with Crippen molar-refractivity contribution in [1.82, 2.24) is 10.3 Å². The van der Waals surface area contributed by atoms with Gasteiger partial charge in [-0.3, -0.25) is 4.98 Å². The summed E-state index contributed by atoms with van der Waals surface area (Å²) in [5.74, 6) is 1.47. The van der Waals surface area contributed by atoms with E-state index in [1.165, 1.54) is 0 Å². The van der Waals surface area contributed by atoms with Crippen LogP contribution in [0, 0.1) is 0 Å². The Morgan fingerprint density at radius 2 is 2.14 bits per heavy atom. The molecule has 0 saturated heterocycles. The summed E-state index contributed by atoms with van der Waals surface area (Å²) in [5.41, 5.74) is 2.29. The SMILES string of the molecule is CNCc1cc(Br)c(OCCc2cccnc2)c(OC)c1. The lowest BCUT2D eigenvalue weighted by molar-refractivity contribution is 0.295. The first-order chi connectivity index (χ1) is 10.2. The van der Waals surface area contributed by atoms with Gasteiger partial charge in [-0.15, -0.1) is 0 Å². The Balaban J connectivity index is 2.05. The molecule has 0 bridgehead atoms. The van der Waals surface area contributed by atoms with Crippen LogP contribution in [0.4, 0.5) is 0 Å². The van der Waals surface area contributed by atoms with Gasteiger partial charge >= 0.3 is 0 Å². The summed E-state index contributed by atoms with van der Waals surface area (Å²) in [7, 11) is 3.57. The minimum absolute atomic E-state index is 0.575. The van der Waals surface area contributed by atoms with Crippen LogP contribution < -0.4 is 14.8 Å². The average molecular weight is 351 g/mol. The van der Waals surface area contributed by atoms with Crippen LogP contribution in [0.5, 0.6) is 11.5 Å². The second kappa shape index (κ2) is 8.00. The van der Waals surface area contributed by atoms with E-state index in [9.17, 15) is 0 Å². The molecule has 1 N–H and O–H groups in total. The fourth-order valence-electron chi connectivity index (χ4n) is 2.04. The molecule has 1 aromatic heterocycles. The van der Waals surface area contributed by atoms with Crippen molar-refractivity contribution >= 4 is 15.9 Å². The summed E-state index contributed by atoms with van der Waals surface area (Å²) in [6.07, 6.45) is 4.43. The predicted molar refractivity (Wildman–Crippen MR) is 86.9 cm³/mol. The molecule has 1 aromatic carbocycles. The maximum absolute atomic E-state index is 5.88. The number of aromatic nitrogens is 1. The number of ether oxygens (including phenoxy) is 2. The molecule has 2 aromatic rings. The molecule has 0 aliphatic carbocycles. The number of hydrogen-bond acceptors (Lipinski definition) is 4. The number of pyridine rings is 1. The van der Waals surface area contributed by atoms with Crippen molar-refractivity contribution in [2.75, 3.05) is 20.8 Å².